The molecule has 8 nitrogen and oxygen atoms in total. The van der Waals surface area contributed by atoms with E-state index >= 15 is 0 Å². The van der Waals surface area contributed by atoms with Gasteiger partial charge in [-0.15, -0.1) is 0 Å². The average Bonchev–Trinajstić information content (AvgIpc) is 2.64. The molecule has 0 saturated heterocycles. The molecule has 0 radical (unpaired) electrons. The van der Waals surface area contributed by atoms with Gasteiger partial charge in [0.1, 0.15) is 23.2 Å². The maximum absolute atomic E-state index is 12.5. The van der Waals surface area contributed by atoms with Gasteiger partial charge in [-0.2, -0.15) is 0 Å². The molecule has 0 aliphatic carbocycles. The van der Waals surface area contributed by atoms with Crippen molar-refractivity contribution in [3.05, 3.63) is 51.7 Å². The van der Waals surface area contributed by atoms with Crippen LogP contribution in [0.15, 0.2) is 29.3 Å². The van der Waals surface area contributed by atoms with E-state index in [9.17, 15) is 14.4 Å². The number of pyridine rings is 2. The number of rotatable bonds is 4. The minimum atomic E-state index is -0.587. The van der Waals surface area contributed by atoms with Gasteiger partial charge in [-0.1, -0.05) is 0 Å². The van der Waals surface area contributed by atoms with Gasteiger partial charge in [0.15, 0.2) is 12.4 Å². The van der Waals surface area contributed by atoms with Crippen LogP contribution in [-0.4, -0.2) is 35.0 Å². The lowest BCUT2D eigenvalue weighted by Crippen LogP contribution is -2.31. The van der Waals surface area contributed by atoms with Crippen LogP contribution in [0.1, 0.15) is 34.1 Å². The van der Waals surface area contributed by atoms with E-state index in [-0.39, 0.29) is 35.7 Å². The van der Waals surface area contributed by atoms with Gasteiger partial charge in [-0.25, -0.2) is 4.79 Å². The molecule has 3 rings (SSSR count). The maximum atomic E-state index is 12.5. The summed E-state index contributed by atoms with van der Waals surface area (Å²) >= 11 is 0. The molecule has 136 valence electrons. The first-order valence-electron chi connectivity index (χ1n) is 7.95. The molecule has 8 heteroatoms. The van der Waals surface area contributed by atoms with Crippen molar-refractivity contribution in [2.24, 2.45) is 7.05 Å². The van der Waals surface area contributed by atoms with Crippen molar-refractivity contribution in [3.63, 3.8) is 0 Å². The lowest BCUT2D eigenvalue weighted by Gasteiger charge is -2.26. The predicted octanol–water partition coefficient (Wildman–Crippen LogP) is 1.35. The normalized spacial score (nSPS) is 15.8. The third-order valence-corrected chi connectivity index (χ3v) is 4.24. The van der Waals surface area contributed by atoms with Crippen LogP contribution in [0.3, 0.4) is 0 Å². The molecular formula is C18H18N2O6. The van der Waals surface area contributed by atoms with Crippen molar-refractivity contribution in [1.29, 1.82) is 0 Å². The SMILES string of the molecule is COC(=O)COc1cncc(C2CC(=O)c3c(cc(C)n(C)c3=O)O2)c1. The molecule has 0 aromatic carbocycles. The van der Waals surface area contributed by atoms with E-state index in [1.807, 2.05) is 0 Å². The van der Waals surface area contributed by atoms with Crippen molar-refractivity contribution >= 4 is 11.8 Å². The zero-order valence-corrected chi connectivity index (χ0v) is 14.6. The maximum Gasteiger partial charge on any atom is 0.343 e. The van der Waals surface area contributed by atoms with Crippen molar-refractivity contribution < 1.29 is 23.8 Å². The van der Waals surface area contributed by atoms with E-state index in [0.717, 1.165) is 0 Å². The Hall–Kier alpha value is -3.16. The van der Waals surface area contributed by atoms with Crippen LogP contribution in [0.5, 0.6) is 11.5 Å². The predicted molar refractivity (Wildman–Crippen MR) is 90.5 cm³/mol. The van der Waals surface area contributed by atoms with E-state index in [0.29, 0.717) is 17.0 Å². The number of methoxy groups -OCH3 is 1. The molecule has 1 atom stereocenters. The number of ketones is 1. The van der Waals surface area contributed by atoms with E-state index in [4.69, 9.17) is 9.47 Å². The minimum Gasteiger partial charge on any atom is -0.484 e. The zero-order valence-electron chi connectivity index (χ0n) is 14.6. The Balaban J connectivity index is 1.87. The van der Waals surface area contributed by atoms with Gasteiger partial charge in [0, 0.05) is 30.6 Å². The van der Waals surface area contributed by atoms with Gasteiger partial charge in [0.05, 0.1) is 19.7 Å². The second-order valence-corrected chi connectivity index (χ2v) is 5.94. The monoisotopic (exact) mass is 358 g/mol. The quantitative estimate of drug-likeness (QED) is 0.761. The first-order valence-corrected chi connectivity index (χ1v) is 7.95. The topological polar surface area (TPSA) is 96.7 Å². The Bertz CT molecular complexity index is 934. The van der Waals surface area contributed by atoms with Gasteiger partial charge in [-0.3, -0.25) is 14.6 Å². The molecule has 0 saturated carbocycles. The standard InChI is InChI=1S/C18H18N2O6/c1-10-4-15-17(18(23)20(10)2)13(21)6-14(26-15)11-5-12(8-19-7-11)25-9-16(22)24-3/h4-5,7-8,14H,6,9H2,1-3H3. The Morgan fingerprint density at radius 3 is 2.85 bits per heavy atom. The summed E-state index contributed by atoms with van der Waals surface area (Å²) in [5.41, 5.74) is 1.01. The summed E-state index contributed by atoms with van der Waals surface area (Å²) in [7, 11) is 2.88. The number of esters is 1. The molecule has 2 aromatic rings. The van der Waals surface area contributed by atoms with Crippen molar-refractivity contribution in [2.75, 3.05) is 13.7 Å². The number of nitrogens with zero attached hydrogens (tertiary/aromatic N) is 2. The first kappa shape index (κ1) is 17.7. The second-order valence-electron chi connectivity index (χ2n) is 5.94. The van der Waals surface area contributed by atoms with Crippen molar-refractivity contribution in [2.45, 2.75) is 19.4 Å². The van der Waals surface area contributed by atoms with E-state index in [2.05, 4.69) is 9.72 Å². The Kier molecular flexibility index (Phi) is 4.75. The van der Waals surface area contributed by atoms with Crippen LogP contribution in [0.4, 0.5) is 0 Å². The van der Waals surface area contributed by atoms with E-state index in [1.165, 1.54) is 17.9 Å². The Labute approximate surface area is 149 Å². The third kappa shape index (κ3) is 3.30. The van der Waals surface area contributed by atoms with E-state index < -0.39 is 12.1 Å². The molecule has 0 bridgehead atoms. The number of hydrogen-bond donors (Lipinski definition) is 0. The van der Waals surface area contributed by atoms with E-state index in [1.54, 1.807) is 32.3 Å². The number of ether oxygens (including phenoxy) is 3. The number of aromatic nitrogens is 2. The lowest BCUT2D eigenvalue weighted by molar-refractivity contribution is -0.142. The average molecular weight is 358 g/mol. The smallest absolute Gasteiger partial charge is 0.343 e. The largest absolute Gasteiger partial charge is 0.484 e. The van der Waals surface area contributed by atoms with Crippen LogP contribution in [-0.2, 0) is 16.6 Å². The number of fused-ring (bicyclic) bond motifs is 1. The van der Waals surface area contributed by atoms with Crippen molar-refractivity contribution in [1.82, 2.24) is 9.55 Å². The van der Waals surface area contributed by atoms with Crippen LogP contribution in [0, 0.1) is 6.92 Å². The van der Waals surface area contributed by atoms with Gasteiger partial charge in [0.2, 0.25) is 0 Å². The molecule has 0 amide bonds. The summed E-state index contributed by atoms with van der Waals surface area (Å²) < 4.78 is 17.1. The molecule has 1 aliphatic rings. The fourth-order valence-electron chi connectivity index (χ4n) is 2.68. The number of carbonyl (C=O) groups is 2. The molecular weight excluding hydrogens is 340 g/mol. The molecule has 1 unspecified atom stereocenters. The molecule has 0 fully saturated rings. The summed E-state index contributed by atoms with van der Waals surface area (Å²) in [5, 5.41) is 0. The number of carbonyl (C=O) groups excluding carboxylic acids is 2. The summed E-state index contributed by atoms with van der Waals surface area (Å²) in [6, 6.07) is 3.32. The first-order chi connectivity index (χ1) is 12.4. The second kappa shape index (κ2) is 6.99. The highest BCUT2D eigenvalue weighted by atomic mass is 16.6. The summed E-state index contributed by atoms with van der Waals surface area (Å²) in [5.74, 6) is -0.167. The zero-order chi connectivity index (χ0) is 18.8. The molecule has 3 heterocycles. The highest BCUT2D eigenvalue weighted by molar-refractivity contribution is 5.99. The highest BCUT2D eigenvalue weighted by Crippen LogP contribution is 2.34. The van der Waals surface area contributed by atoms with Crippen LogP contribution in [0.25, 0.3) is 0 Å². The number of hydrogen-bond acceptors (Lipinski definition) is 7. The fraction of sp³-hybridized carbons (Fsp3) is 0.333. The third-order valence-electron chi connectivity index (χ3n) is 4.24. The molecule has 0 N–H and O–H groups in total. The summed E-state index contributed by atoms with van der Waals surface area (Å²) in [6.07, 6.45) is 2.44. The Morgan fingerprint density at radius 2 is 2.12 bits per heavy atom. The molecule has 0 spiro atoms. The number of Topliss-reactive ketones (excluding diaryl/α,β-unsaturated/α-hetero) is 1. The highest BCUT2D eigenvalue weighted by Gasteiger charge is 2.31. The van der Waals surface area contributed by atoms with Crippen molar-refractivity contribution in [3.8, 4) is 11.5 Å². The molecule has 26 heavy (non-hydrogen) atoms. The molecule has 2 aromatic heterocycles. The van der Waals surface area contributed by atoms with Gasteiger partial charge in [0.25, 0.3) is 5.56 Å². The van der Waals surface area contributed by atoms with Gasteiger partial charge in [-0.05, 0) is 13.0 Å². The fourth-order valence-corrected chi connectivity index (χ4v) is 2.68. The minimum absolute atomic E-state index is 0.0213. The van der Waals surface area contributed by atoms with Crippen LogP contribution in [0.2, 0.25) is 0 Å². The van der Waals surface area contributed by atoms with Gasteiger partial charge < -0.3 is 18.8 Å². The Morgan fingerprint density at radius 1 is 1.35 bits per heavy atom. The summed E-state index contributed by atoms with van der Waals surface area (Å²) in [6.45, 7) is 1.52. The van der Waals surface area contributed by atoms with Gasteiger partial charge >= 0.3 is 5.97 Å². The number of aryl methyl sites for hydroxylation is 1. The lowest BCUT2D eigenvalue weighted by atomic mass is 9.97. The van der Waals surface area contributed by atoms with Crippen LogP contribution < -0.4 is 15.0 Å². The van der Waals surface area contributed by atoms with Crippen LogP contribution >= 0.6 is 0 Å². The summed E-state index contributed by atoms with van der Waals surface area (Å²) in [4.78, 5) is 40.0. The molecule has 1 aliphatic heterocycles.